The minimum atomic E-state index is -2.02. The zero-order valence-corrected chi connectivity index (χ0v) is 17.2. The molecule has 1 atom stereocenters. The van der Waals surface area contributed by atoms with Crippen LogP contribution in [0.5, 0.6) is 0 Å². The fraction of sp³-hybridized carbons (Fsp3) is 0.261. The Morgan fingerprint density at radius 1 is 1.10 bits per heavy atom. The second-order valence-corrected chi connectivity index (χ2v) is 7.57. The van der Waals surface area contributed by atoms with Gasteiger partial charge in [0.25, 0.3) is 11.5 Å². The number of rotatable bonds is 4. The van der Waals surface area contributed by atoms with Crippen molar-refractivity contribution in [2.45, 2.75) is 38.8 Å². The Balaban J connectivity index is 1.87. The van der Waals surface area contributed by atoms with Gasteiger partial charge in [-0.1, -0.05) is 42.5 Å². The molecule has 4 rings (SSSR count). The van der Waals surface area contributed by atoms with Crippen molar-refractivity contribution in [2.75, 3.05) is 0 Å². The molecule has 0 bridgehead atoms. The average Bonchev–Trinajstić information content (AvgIpc) is 2.74. The number of nitrogens with one attached hydrogen (secondary N) is 1. The van der Waals surface area contributed by atoms with Crippen LogP contribution in [0.15, 0.2) is 53.3 Å². The molecular formula is C23H21N3O5. The molecule has 31 heavy (non-hydrogen) atoms. The highest BCUT2D eigenvalue weighted by Crippen LogP contribution is 2.30. The molecule has 158 valence electrons. The molecule has 8 heteroatoms. The quantitative estimate of drug-likeness (QED) is 0.393. The number of hydrogen-bond donors (Lipinski definition) is 1. The normalized spacial score (nSPS) is 18.6. The van der Waals surface area contributed by atoms with Crippen molar-refractivity contribution in [1.82, 2.24) is 14.9 Å². The predicted octanol–water partition coefficient (Wildman–Crippen LogP) is 1.89. The molecule has 0 radical (unpaired) electrons. The van der Waals surface area contributed by atoms with Gasteiger partial charge in [-0.15, -0.1) is 0 Å². The van der Waals surface area contributed by atoms with Gasteiger partial charge in [0.1, 0.15) is 12.4 Å². The van der Waals surface area contributed by atoms with E-state index in [-0.39, 0.29) is 25.3 Å². The average molecular weight is 419 g/mol. The lowest BCUT2D eigenvalue weighted by Crippen LogP contribution is -2.62. The maximum Gasteiger partial charge on any atom is 0.342 e. The van der Waals surface area contributed by atoms with Crippen LogP contribution in [-0.2, 0) is 31.3 Å². The van der Waals surface area contributed by atoms with Gasteiger partial charge < -0.3 is 4.74 Å². The second-order valence-electron chi connectivity index (χ2n) is 7.57. The third-order valence-electron chi connectivity index (χ3n) is 5.55. The van der Waals surface area contributed by atoms with E-state index in [4.69, 9.17) is 4.74 Å². The molecule has 0 saturated carbocycles. The smallest absolute Gasteiger partial charge is 0.342 e. The van der Waals surface area contributed by atoms with Crippen LogP contribution < -0.4 is 10.9 Å². The Labute approximate surface area is 177 Å². The lowest BCUT2D eigenvalue weighted by atomic mass is 9.87. The molecule has 1 fully saturated rings. The summed E-state index contributed by atoms with van der Waals surface area (Å²) in [7, 11) is 0. The maximum atomic E-state index is 13.5. The molecule has 2 heterocycles. The van der Waals surface area contributed by atoms with Crippen molar-refractivity contribution < 1.29 is 19.1 Å². The fourth-order valence-corrected chi connectivity index (χ4v) is 4.00. The lowest BCUT2D eigenvalue weighted by Gasteiger charge is -2.35. The Morgan fingerprint density at radius 3 is 2.55 bits per heavy atom. The van der Waals surface area contributed by atoms with Gasteiger partial charge in [0, 0.05) is 6.42 Å². The maximum absolute atomic E-state index is 13.5. The molecule has 1 aliphatic rings. The Kier molecular flexibility index (Phi) is 5.14. The molecule has 3 aromatic rings. The number of carbonyl (C=O) groups is 3. The molecular weight excluding hydrogens is 398 g/mol. The van der Waals surface area contributed by atoms with Crippen molar-refractivity contribution >= 4 is 28.7 Å². The van der Waals surface area contributed by atoms with Gasteiger partial charge in [-0.2, -0.15) is 0 Å². The number of carbonyl (C=O) groups excluding carboxylic acids is 3. The molecule has 1 aliphatic heterocycles. The van der Waals surface area contributed by atoms with Gasteiger partial charge in [0.05, 0.1) is 10.9 Å². The lowest BCUT2D eigenvalue weighted by molar-refractivity contribution is -0.164. The summed E-state index contributed by atoms with van der Waals surface area (Å²) in [6, 6.07) is 14.2. The van der Waals surface area contributed by atoms with Gasteiger partial charge >= 0.3 is 5.97 Å². The van der Waals surface area contributed by atoms with Crippen LogP contribution in [0.2, 0.25) is 0 Å². The van der Waals surface area contributed by atoms with Crippen molar-refractivity contribution in [2.24, 2.45) is 0 Å². The number of fused-ring (bicyclic) bond motifs is 1. The minimum Gasteiger partial charge on any atom is -0.459 e. The van der Waals surface area contributed by atoms with E-state index in [0.717, 1.165) is 10.1 Å². The van der Waals surface area contributed by atoms with E-state index >= 15 is 0 Å². The summed E-state index contributed by atoms with van der Waals surface area (Å²) in [5.74, 6) is -2.11. The van der Waals surface area contributed by atoms with Gasteiger partial charge in [-0.05, 0) is 37.5 Å². The third-order valence-corrected chi connectivity index (χ3v) is 5.55. The monoisotopic (exact) mass is 419 g/mol. The molecule has 1 aromatic heterocycles. The van der Waals surface area contributed by atoms with Crippen molar-refractivity contribution in [1.29, 1.82) is 0 Å². The van der Waals surface area contributed by atoms with E-state index in [9.17, 15) is 19.2 Å². The van der Waals surface area contributed by atoms with E-state index in [1.54, 1.807) is 56.3 Å². The van der Waals surface area contributed by atoms with E-state index in [1.165, 1.54) is 0 Å². The highest BCUT2D eigenvalue weighted by atomic mass is 16.5. The number of imide groups is 1. The first-order valence-electron chi connectivity index (χ1n) is 9.89. The first kappa shape index (κ1) is 20.5. The first-order chi connectivity index (χ1) is 14.8. The number of benzene rings is 2. The van der Waals surface area contributed by atoms with Crippen LogP contribution >= 0.6 is 0 Å². The highest BCUT2D eigenvalue weighted by Gasteiger charge is 2.54. The summed E-state index contributed by atoms with van der Waals surface area (Å²) in [6.07, 6.45) is -0.297. The van der Waals surface area contributed by atoms with E-state index in [0.29, 0.717) is 16.5 Å². The molecule has 0 spiro atoms. The van der Waals surface area contributed by atoms with Crippen molar-refractivity contribution in [3.8, 4) is 0 Å². The summed E-state index contributed by atoms with van der Waals surface area (Å²) < 4.78 is 6.57. The molecule has 0 unspecified atom stereocenters. The topological polar surface area (TPSA) is 107 Å². The van der Waals surface area contributed by atoms with Crippen LogP contribution in [0.25, 0.3) is 10.9 Å². The summed E-state index contributed by atoms with van der Waals surface area (Å²) in [5.41, 5.74) is -0.674. The van der Waals surface area contributed by atoms with Crippen LogP contribution in [0.1, 0.15) is 29.8 Å². The summed E-state index contributed by atoms with van der Waals surface area (Å²) in [4.78, 5) is 56.3. The fourth-order valence-electron chi connectivity index (χ4n) is 4.00. The molecule has 1 N–H and O–H groups in total. The van der Waals surface area contributed by atoms with Crippen LogP contribution in [-0.4, -0.2) is 27.3 Å². The summed E-state index contributed by atoms with van der Waals surface area (Å²) >= 11 is 0. The number of nitrogens with zero attached hydrogens (tertiary/aromatic N) is 2. The van der Waals surface area contributed by atoms with Gasteiger partial charge in [0.15, 0.2) is 0 Å². The van der Waals surface area contributed by atoms with Crippen LogP contribution in [0, 0.1) is 13.8 Å². The molecule has 0 aliphatic carbocycles. The Bertz CT molecular complexity index is 1270. The summed E-state index contributed by atoms with van der Waals surface area (Å²) in [6.45, 7) is 3.24. The number of piperidine rings is 1. The minimum absolute atomic E-state index is 0.0729. The second kappa shape index (κ2) is 7.79. The van der Waals surface area contributed by atoms with E-state index < -0.39 is 28.9 Å². The standard InChI is InChI=1S/C23H21N3O5/c1-14-7-6-10-17-19(14)20(28)26(15(2)24-17)23(12-11-18(27)25-21(23)29)22(30)31-13-16-8-4-3-5-9-16/h3-10H,11-13H2,1-2H3,(H,25,27,29)/t23-/m0/s1. The number of ether oxygens (including phenoxy) is 1. The molecule has 2 amide bonds. The van der Waals surface area contributed by atoms with Gasteiger partial charge in [-0.25, -0.2) is 9.78 Å². The van der Waals surface area contributed by atoms with Gasteiger partial charge in [0.2, 0.25) is 11.4 Å². The Hall–Kier alpha value is -3.81. The van der Waals surface area contributed by atoms with E-state index in [2.05, 4.69) is 10.3 Å². The number of hydrogen-bond acceptors (Lipinski definition) is 6. The number of aryl methyl sites for hydroxylation is 2. The number of esters is 1. The Morgan fingerprint density at radius 2 is 1.84 bits per heavy atom. The molecule has 2 aromatic carbocycles. The zero-order chi connectivity index (χ0) is 22.2. The van der Waals surface area contributed by atoms with Crippen LogP contribution in [0.4, 0.5) is 0 Å². The van der Waals surface area contributed by atoms with Crippen LogP contribution in [0.3, 0.4) is 0 Å². The van der Waals surface area contributed by atoms with Crippen molar-refractivity contribution in [3.05, 3.63) is 75.8 Å². The molecule has 1 saturated heterocycles. The summed E-state index contributed by atoms with van der Waals surface area (Å²) in [5, 5.41) is 2.51. The van der Waals surface area contributed by atoms with Crippen molar-refractivity contribution in [3.63, 3.8) is 0 Å². The first-order valence-corrected chi connectivity index (χ1v) is 9.89. The van der Waals surface area contributed by atoms with Gasteiger partial charge in [-0.3, -0.25) is 24.3 Å². The largest absolute Gasteiger partial charge is 0.459 e. The van der Waals surface area contributed by atoms with E-state index in [1.807, 2.05) is 6.07 Å². The zero-order valence-electron chi connectivity index (χ0n) is 17.2. The highest BCUT2D eigenvalue weighted by molar-refractivity contribution is 6.13. The predicted molar refractivity (Wildman–Crippen MR) is 112 cm³/mol. The third kappa shape index (κ3) is 3.39. The number of amides is 2. The molecule has 8 nitrogen and oxygen atoms in total. The number of aromatic nitrogens is 2. The SMILES string of the molecule is Cc1cccc2nc(C)n([C@@]3(C(=O)OCc4ccccc4)CCC(=O)NC3=O)c(=O)c12.